The van der Waals surface area contributed by atoms with Gasteiger partial charge in [0, 0.05) is 18.3 Å². The Kier molecular flexibility index (Phi) is 4.52. The van der Waals surface area contributed by atoms with E-state index >= 15 is 0 Å². The first-order valence-corrected chi connectivity index (χ1v) is 5.69. The van der Waals surface area contributed by atoms with Crippen molar-refractivity contribution in [2.45, 2.75) is 33.2 Å². The van der Waals surface area contributed by atoms with Gasteiger partial charge in [-0.2, -0.15) is 0 Å². The summed E-state index contributed by atoms with van der Waals surface area (Å²) in [6.07, 6.45) is -0.0170. The van der Waals surface area contributed by atoms with Crippen LogP contribution in [-0.4, -0.2) is 23.7 Å². The Labute approximate surface area is 102 Å². The van der Waals surface area contributed by atoms with Gasteiger partial charge in [-0.25, -0.2) is 0 Å². The number of carbonyl (C=O) groups is 1. The molecule has 1 atom stereocenters. The molecule has 0 radical (unpaired) electrons. The molecule has 1 aromatic carbocycles. The average molecular weight is 236 g/mol. The molecule has 0 aliphatic heterocycles. The van der Waals surface area contributed by atoms with E-state index in [9.17, 15) is 4.79 Å². The zero-order valence-corrected chi connectivity index (χ0v) is 10.6. The van der Waals surface area contributed by atoms with Crippen molar-refractivity contribution in [2.75, 3.05) is 11.9 Å². The first-order valence-electron chi connectivity index (χ1n) is 5.69. The predicted octanol–water partition coefficient (Wildman–Crippen LogP) is 1.83. The van der Waals surface area contributed by atoms with E-state index in [1.165, 1.54) is 11.1 Å². The normalized spacial score (nSPS) is 12.2. The van der Waals surface area contributed by atoms with Crippen molar-refractivity contribution in [1.29, 1.82) is 0 Å². The molecule has 0 saturated heterocycles. The number of hydrogen-bond acceptors (Lipinski definition) is 3. The van der Waals surface area contributed by atoms with Gasteiger partial charge in [0.05, 0.1) is 6.42 Å². The Bertz CT molecular complexity index is 416. The van der Waals surface area contributed by atoms with Gasteiger partial charge in [-0.15, -0.1) is 0 Å². The van der Waals surface area contributed by atoms with Crippen molar-refractivity contribution in [3.63, 3.8) is 0 Å². The lowest BCUT2D eigenvalue weighted by molar-refractivity contribution is -0.137. The standard InChI is InChI=1S/C13H20N2O2/c1-8-4-10(3)12(5-9(8)2)15-7-11(14)6-13(16)17/h4-5,11,15H,6-7,14H2,1-3H3,(H,16,17). The van der Waals surface area contributed by atoms with Crippen molar-refractivity contribution in [3.05, 3.63) is 28.8 Å². The number of rotatable bonds is 5. The number of carboxylic acid groups (broad SMARTS) is 1. The Hall–Kier alpha value is -1.55. The quantitative estimate of drug-likeness (QED) is 0.729. The molecule has 0 heterocycles. The number of hydrogen-bond donors (Lipinski definition) is 3. The lowest BCUT2D eigenvalue weighted by Gasteiger charge is -2.15. The molecule has 0 aliphatic rings. The zero-order valence-electron chi connectivity index (χ0n) is 10.6. The minimum absolute atomic E-state index is 0.0170. The highest BCUT2D eigenvalue weighted by Gasteiger charge is 2.08. The molecule has 4 N–H and O–H groups in total. The van der Waals surface area contributed by atoms with E-state index in [0.717, 1.165) is 11.3 Å². The van der Waals surface area contributed by atoms with E-state index in [1.54, 1.807) is 0 Å². The number of aryl methyl sites for hydroxylation is 3. The van der Waals surface area contributed by atoms with Gasteiger partial charge in [0.15, 0.2) is 0 Å². The van der Waals surface area contributed by atoms with Crippen LogP contribution in [0, 0.1) is 20.8 Å². The van der Waals surface area contributed by atoms with Crippen molar-refractivity contribution < 1.29 is 9.90 Å². The fourth-order valence-electron chi connectivity index (χ4n) is 1.69. The lowest BCUT2D eigenvalue weighted by Crippen LogP contribution is -2.31. The van der Waals surface area contributed by atoms with Crippen LogP contribution in [0.2, 0.25) is 0 Å². The summed E-state index contributed by atoms with van der Waals surface area (Å²) in [5.74, 6) is -0.865. The lowest BCUT2D eigenvalue weighted by atomic mass is 10.0. The van der Waals surface area contributed by atoms with E-state index in [4.69, 9.17) is 10.8 Å². The van der Waals surface area contributed by atoms with E-state index in [0.29, 0.717) is 6.54 Å². The molecule has 4 nitrogen and oxygen atoms in total. The van der Waals surface area contributed by atoms with E-state index in [-0.39, 0.29) is 12.5 Å². The third kappa shape index (κ3) is 4.07. The van der Waals surface area contributed by atoms with Crippen LogP contribution >= 0.6 is 0 Å². The average Bonchev–Trinajstić information content (AvgIpc) is 2.20. The molecule has 0 bridgehead atoms. The summed E-state index contributed by atoms with van der Waals surface area (Å²) in [4.78, 5) is 10.5. The second-order valence-electron chi connectivity index (χ2n) is 4.49. The second kappa shape index (κ2) is 5.68. The third-order valence-electron chi connectivity index (χ3n) is 2.83. The molecular formula is C13H20N2O2. The number of benzene rings is 1. The highest BCUT2D eigenvalue weighted by molar-refractivity contribution is 5.67. The summed E-state index contributed by atoms with van der Waals surface area (Å²) >= 11 is 0. The minimum Gasteiger partial charge on any atom is -0.481 e. The maximum Gasteiger partial charge on any atom is 0.304 e. The smallest absolute Gasteiger partial charge is 0.304 e. The van der Waals surface area contributed by atoms with Crippen LogP contribution in [0.15, 0.2) is 12.1 Å². The van der Waals surface area contributed by atoms with Crippen LogP contribution in [0.5, 0.6) is 0 Å². The Balaban J connectivity index is 2.63. The fraction of sp³-hybridized carbons (Fsp3) is 0.462. The van der Waals surface area contributed by atoms with Gasteiger partial charge in [-0.3, -0.25) is 4.79 Å². The van der Waals surface area contributed by atoms with E-state index in [1.807, 2.05) is 6.92 Å². The van der Waals surface area contributed by atoms with Crippen LogP contribution in [0.3, 0.4) is 0 Å². The van der Waals surface area contributed by atoms with Crippen molar-refractivity contribution >= 4 is 11.7 Å². The summed E-state index contributed by atoms with van der Waals surface area (Å²) in [6.45, 7) is 6.62. The maximum absolute atomic E-state index is 10.5. The largest absolute Gasteiger partial charge is 0.481 e. The van der Waals surface area contributed by atoms with Crippen LogP contribution < -0.4 is 11.1 Å². The van der Waals surface area contributed by atoms with Crippen LogP contribution in [0.25, 0.3) is 0 Å². The highest BCUT2D eigenvalue weighted by Crippen LogP contribution is 2.19. The molecular weight excluding hydrogens is 216 g/mol. The third-order valence-corrected chi connectivity index (χ3v) is 2.83. The number of nitrogens with two attached hydrogens (primary N) is 1. The molecule has 1 unspecified atom stereocenters. The number of anilines is 1. The molecule has 0 saturated carbocycles. The number of nitrogens with one attached hydrogen (secondary N) is 1. The van der Waals surface area contributed by atoms with Crippen molar-refractivity contribution in [3.8, 4) is 0 Å². The van der Waals surface area contributed by atoms with Gasteiger partial charge in [-0.1, -0.05) is 6.07 Å². The Morgan fingerprint density at radius 3 is 2.47 bits per heavy atom. The summed E-state index contributed by atoms with van der Waals surface area (Å²) in [5, 5.41) is 11.8. The van der Waals surface area contributed by atoms with Gasteiger partial charge in [0.1, 0.15) is 0 Å². The molecule has 0 spiro atoms. The van der Waals surface area contributed by atoms with Gasteiger partial charge >= 0.3 is 5.97 Å². The molecule has 0 aromatic heterocycles. The summed E-state index contributed by atoms with van der Waals surface area (Å²) in [5.41, 5.74) is 10.3. The van der Waals surface area contributed by atoms with Crippen LogP contribution in [-0.2, 0) is 4.79 Å². The number of aliphatic carboxylic acids is 1. The van der Waals surface area contributed by atoms with Gasteiger partial charge in [0.25, 0.3) is 0 Å². The summed E-state index contributed by atoms with van der Waals surface area (Å²) < 4.78 is 0. The topological polar surface area (TPSA) is 75.3 Å². The molecule has 4 heteroatoms. The predicted molar refractivity (Wildman–Crippen MR) is 69.4 cm³/mol. The van der Waals surface area contributed by atoms with E-state index < -0.39 is 5.97 Å². The maximum atomic E-state index is 10.5. The molecule has 0 aliphatic carbocycles. The molecule has 0 amide bonds. The van der Waals surface area contributed by atoms with Crippen LogP contribution in [0.4, 0.5) is 5.69 Å². The van der Waals surface area contributed by atoms with Crippen molar-refractivity contribution in [1.82, 2.24) is 0 Å². The van der Waals surface area contributed by atoms with Crippen LogP contribution in [0.1, 0.15) is 23.1 Å². The minimum atomic E-state index is -0.865. The molecule has 17 heavy (non-hydrogen) atoms. The van der Waals surface area contributed by atoms with E-state index in [2.05, 4.69) is 31.3 Å². The fourth-order valence-corrected chi connectivity index (χ4v) is 1.69. The highest BCUT2D eigenvalue weighted by atomic mass is 16.4. The van der Waals surface area contributed by atoms with Gasteiger partial charge < -0.3 is 16.2 Å². The Morgan fingerprint density at radius 1 is 1.29 bits per heavy atom. The first kappa shape index (κ1) is 13.5. The molecule has 1 rings (SSSR count). The first-order chi connectivity index (χ1) is 7.90. The van der Waals surface area contributed by atoms with Crippen molar-refractivity contribution in [2.24, 2.45) is 5.73 Å². The molecule has 1 aromatic rings. The summed E-state index contributed by atoms with van der Waals surface area (Å²) in [6, 6.07) is 3.81. The Morgan fingerprint density at radius 2 is 1.88 bits per heavy atom. The molecule has 94 valence electrons. The SMILES string of the molecule is Cc1cc(C)c(NCC(N)CC(=O)O)cc1C. The second-order valence-corrected chi connectivity index (χ2v) is 4.49. The summed E-state index contributed by atoms with van der Waals surface area (Å²) in [7, 11) is 0. The molecule has 0 fully saturated rings. The van der Waals surface area contributed by atoms with Gasteiger partial charge in [-0.05, 0) is 43.5 Å². The monoisotopic (exact) mass is 236 g/mol. The van der Waals surface area contributed by atoms with Gasteiger partial charge in [0.2, 0.25) is 0 Å². The number of carboxylic acids is 1. The zero-order chi connectivity index (χ0) is 13.0.